The van der Waals surface area contributed by atoms with Crippen molar-refractivity contribution in [2.75, 3.05) is 20.6 Å². The highest BCUT2D eigenvalue weighted by Gasteiger charge is 2.19. The molecule has 0 amide bonds. The fourth-order valence-electron chi connectivity index (χ4n) is 2.39. The van der Waals surface area contributed by atoms with E-state index in [4.69, 9.17) is 0 Å². The van der Waals surface area contributed by atoms with E-state index in [1.54, 1.807) is 0 Å². The van der Waals surface area contributed by atoms with Gasteiger partial charge < -0.3 is 10.2 Å². The Bertz CT molecular complexity index is 334. The van der Waals surface area contributed by atoms with Crippen molar-refractivity contribution in [2.24, 2.45) is 5.92 Å². The molecule has 0 aromatic carbocycles. The third kappa shape index (κ3) is 5.00. The number of hydrogen-bond donors (Lipinski definition) is 1. The zero-order chi connectivity index (χ0) is 13.5. The fraction of sp³-hybridized carbons (Fsp3) is 0.714. The third-order valence-corrected chi connectivity index (χ3v) is 5.16. The van der Waals surface area contributed by atoms with E-state index in [1.165, 1.54) is 21.5 Å². The molecule has 2 nitrogen and oxygen atoms in total. The van der Waals surface area contributed by atoms with Gasteiger partial charge in [0.25, 0.3) is 0 Å². The van der Waals surface area contributed by atoms with Crippen LogP contribution in [0.15, 0.2) is 15.9 Å². The van der Waals surface area contributed by atoms with Gasteiger partial charge in [-0.15, -0.1) is 11.3 Å². The normalized spacial score (nSPS) is 13.5. The summed E-state index contributed by atoms with van der Waals surface area (Å²) in [5, 5.41) is 3.59. The molecule has 1 N–H and O–H groups in total. The molecular formula is C14H25BrN2S. The summed E-state index contributed by atoms with van der Waals surface area (Å²) in [4.78, 5) is 3.75. The molecule has 0 saturated carbocycles. The van der Waals surface area contributed by atoms with Crippen LogP contribution in [0.25, 0.3) is 0 Å². The Morgan fingerprint density at radius 1 is 1.28 bits per heavy atom. The Balaban J connectivity index is 2.42. The van der Waals surface area contributed by atoms with E-state index < -0.39 is 0 Å². The lowest BCUT2D eigenvalue weighted by Crippen LogP contribution is -2.42. The van der Waals surface area contributed by atoms with Crippen LogP contribution in [0.3, 0.4) is 0 Å². The molecule has 1 aromatic heterocycles. The second kappa shape index (κ2) is 8.31. The number of likely N-dealkylation sites (N-methyl/N-ethyl adjacent to an activating group) is 1. The Morgan fingerprint density at radius 3 is 2.39 bits per heavy atom. The first kappa shape index (κ1) is 16.2. The quantitative estimate of drug-likeness (QED) is 0.774. The molecule has 0 aliphatic rings. The van der Waals surface area contributed by atoms with Crippen LogP contribution in [-0.2, 0) is 6.54 Å². The smallest absolute Gasteiger partial charge is 0.0701 e. The van der Waals surface area contributed by atoms with Crippen LogP contribution in [0, 0.1) is 5.92 Å². The first-order valence-electron chi connectivity index (χ1n) is 6.69. The number of nitrogens with one attached hydrogen (secondary N) is 1. The van der Waals surface area contributed by atoms with Crippen LogP contribution in [0.2, 0.25) is 0 Å². The molecule has 0 aliphatic heterocycles. The zero-order valence-corrected chi connectivity index (χ0v) is 14.3. The first-order valence-corrected chi connectivity index (χ1v) is 8.30. The molecular weight excluding hydrogens is 308 g/mol. The van der Waals surface area contributed by atoms with E-state index in [9.17, 15) is 0 Å². The Labute approximate surface area is 124 Å². The van der Waals surface area contributed by atoms with Gasteiger partial charge in [0, 0.05) is 24.0 Å². The van der Waals surface area contributed by atoms with Crippen molar-refractivity contribution in [2.45, 2.75) is 39.3 Å². The Morgan fingerprint density at radius 2 is 1.94 bits per heavy atom. The minimum atomic E-state index is 0.628. The average Bonchev–Trinajstić information content (AvgIpc) is 2.74. The molecule has 18 heavy (non-hydrogen) atoms. The molecule has 0 aliphatic carbocycles. The van der Waals surface area contributed by atoms with Crippen molar-refractivity contribution in [3.05, 3.63) is 20.8 Å². The predicted molar refractivity (Wildman–Crippen MR) is 85.3 cm³/mol. The summed E-state index contributed by atoms with van der Waals surface area (Å²) in [6.07, 6.45) is 2.51. The molecule has 0 spiro atoms. The van der Waals surface area contributed by atoms with Gasteiger partial charge >= 0.3 is 0 Å². The zero-order valence-electron chi connectivity index (χ0n) is 11.9. The van der Waals surface area contributed by atoms with Gasteiger partial charge in [-0.2, -0.15) is 0 Å². The van der Waals surface area contributed by atoms with Gasteiger partial charge in [0.05, 0.1) is 3.79 Å². The molecule has 1 aromatic rings. The van der Waals surface area contributed by atoms with Gasteiger partial charge in [-0.25, -0.2) is 0 Å². The van der Waals surface area contributed by atoms with E-state index >= 15 is 0 Å². The van der Waals surface area contributed by atoms with Crippen molar-refractivity contribution in [1.29, 1.82) is 0 Å². The predicted octanol–water partition coefficient (Wildman–Crippen LogP) is 3.97. The van der Waals surface area contributed by atoms with Gasteiger partial charge in [0.1, 0.15) is 0 Å². The maximum Gasteiger partial charge on any atom is 0.0701 e. The molecule has 0 radical (unpaired) electrons. The summed E-state index contributed by atoms with van der Waals surface area (Å²) in [7, 11) is 4.37. The minimum Gasteiger partial charge on any atom is -0.310 e. The molecule has 0 bridgehead atoms. The monoisotopic (exact) mass is 332 g/mol. The second-order valence-corrected chi connectivity index (χ2v) is 7.49. The molecule has 1 heterocycles. The number of rotatable bonds is 8. The van der Waals surface area contributed by atoms with Crippen molar-refractivity contribution in [1.82, 2.24) is 10.2 Å². The molecule has 1 rings (SSSR count). The van der Waals surface area contributed by atoms with Gasteiger partial charge in [0.15, 0.2) is 0 Å². The summed E-state index contributed by atoms with van der Waals surface area (Å²) in [6, 6.07) is 4.93. The summed E-state index contributed by atoms with van der Waals surface area (Å²) < 4.78 is 1.21. The largest absolute Gasteiger partial charge is 0.310 e. The van der Waals surface area contributed by atoms with Crippen molar-refractivity contribution < 1.29 is 0 Å². The Hall–Kier alpha value is 0.1000. The highest BCUT2D eigenvalue weighted by molar-refractivity contribution is 9.11. The van der Waals surface area contributed by atoms with Crippen LogP contribution >= 0.6 is 27.3 Å². The minimum absolute atomic E-state index is 0.628. The van der Waals surface area contributed by atoms with Crippen LogP contribution in [0.5, 0.6) is 0 Å². The van der Waals surface area contributed by atoms with E-state index in [-0.39, 0.29) is 0 Å². The van der Waals surface area contributed by atoms with E-state index in [2.05, 4.69) is 66.2 Å². The lowest BCUT2D eigenvalue weighted by molar-refractivity contribution is 0.194. The van der Waals surface area contributed by atoms with Crippen molar-refractivity contribution in [3.63, 3.8) is 0 Å². The summed E-state index contributed by atoms with van der Waals surface area (Å²) in [6.45, 7) is 6.62. The van der Waals surface area contributed by atoms with Gasteiger partial charge in [-0.1, -0.05) is 26.7 Å². The lowest BCUT2D eigenvalue weighted by atomic mass is 9.93. The fourth-order valence-corrected chi connectivity index (χ4v) is 3.85. The molecule has 0 fully saturated rings. The van der Waals surface area contributed by atoms with Crippen LogP contribution in [0.4, 0.5) is 0 Å². The number of nitrogens with zero attached hydrogens (tertiary/aromatic N) is 1. The van der Waals surface area contributed by atoms with Crippen LogP contribution in [0.1, 0.15) is 31.6 Å². The number of thiophene rings is 1. The molecule has 104 valence electrons. The Kier molecular flexibility index (Phi) is 7.46. The highest BCUT2D eigenvalue weighted by atomic mass is 79.9. The molecule has 0 saturated heterocycles. The summed E-state index contributed by atoms with van der Waals surface area (Å²) in [5.74, 6) is 0.780. The number of hydrogen-bond acceptors (Lipinski definition) is 3. The summed E-state index contributed by atoms with van der Waals surface area (Å²) in [5.41, 5.74) is 0. The van der Waals surface area contributed by atoms with E-state index in [1.807, 2.05) is 11.3 Å². The SMILES string of the molecule is CCC(CC)C(CNCc1ccc(Br)s1)N(C)C. The highest BCUT2D eigenvalue weighted by Crippen LogP contribution is 2.22. The lowest BCUT2D eigenvalue weighted by Gasteiger charge is -2.31. The van der Waals surface area contributed by atoms with E-state index in [0.29, 0.717) is 6.04 Å². The molecule has 1 unspecified atom stereocenters. The van der Waals surface area contributed by atoms with Gasteiger partial charge in [-0.05, 0) is 48.1 Å². The topological polar surface area (TPSA) is 15.3 Å². The van der Waals surface area contributed by atoms with Crippen LogP contribution < -0.4 is 5.32 Å². The van der Waals surface area contributed by atoms with Crippen molar-refractivity contribution in [3.8, 4) is 0 Å². The maximum absolute atomic E-state index is 3.59. The number of halogens is 1. The standard InChI is InChI=1S/C14H25BrN2S/c1-5-11(6-2)13(17(3)4)10-16-9-12-7-8-14(15)18-12/h7-8,11,13,16H,5-6,9-10H2,1-4H3. The maximum atomic E-state index is 3.59. The second-order valence-electron chi connectivity index (χ2n) is 4.94. The van der Waals surface area contributed by atoms with Crippen molar-refractivity contribution >= 4 is 27.3 Å². The van der Waals surface area contributed by atoms with Gasteiger partial charge in [-0.3, -0.25) is 0 Å². The summed E-state index contributed by atoms with van der Waals surface area (Å²) >= 11 is 5.31. The molecule has 1 atom stereocenters. The average molecular weight is 333 g/mol. The third-order valence-electron chi connectivity index (χ3n) is 3.54. The molecule has 4 heteroatoms. The first-order chi connectivity index (χ1) is 8.58. The van der Waals surface area contributed by atoms with E-state index in [0.717, 1.165) is 19.0 Å². The van der Waals surface area contributed by atoms with Crippen LogP contribution in [-0.4, -0.2) is 31.6 Å². The van der Waals surface area contributed by atoms with Gasteiger partial charge in [0.2, 0.25) is 0 Å².